The molecule has 0 aliphatic rings. The second-order valence-electron chi connectivity index (χ2n) is 11.6. The lowest BCUT2D eigenvalue weighted by molar-refractivity contribution is -0.704. The Morgan fingerprint density at radius 3 is 1.28 bits per heavy atom. The lowest BCUT2D eigenvalue weighted by Gasteiger charge is -2.06. The Morgan fingerprint density at radius 1 is 0.472 bits per heavy atom. The number of aromatic nitrogens is 2. The molecule has 0 amide bonds. The molecule has 2 nitrogen and oxygen atoms in total. The van der Waals surface area contributed by atoms with Gasteiger partial charge in [0.2, 0.25) is 0 Å². The van der Waals surface area contributed by atoms with Gasteiger partial charge in [-0.25, -0.2) is 9.13 Å². The van der Waals surface area contributed by atoms with Crippen molar-refractivity contribution in [1.82, 2.24) is 4.57 Å². The van der Waals surface area contributed by atoms with Gasteiger partial charge in [0.15, 0.2) is 0 Å². The lowest BCUT2D eigenvalue weighted by Crippen LogP contribution is -2.37. The summed E-state index contributed by atoms with van der Waals surface area (Å²) in [6, 6.07) is 0. The summed E-state index contributed by atoms with van der Waals surface area (Å²) in [5.74, 6) is 1.57. The minimum atomic E-state index is 1.22. The minimum Gasteiger partial charge on any atom is -0.234 e. The molecule has 0 spiro atoms. The van der Waals surface area contributed by atoms with Crippen molar-refractivity contribution in [3.63, 3.8) is 0 Å². The second-order valence-corrected chi connectivity index (χ2v) is 11.6. The average Bonchev–Trinajstić information content (AvgIpc) is 3.26. The Balaban J connectivity index is 2.01. The van der Waals surface area contributed by atoms with Crippen molar-refractivity contribution in [2.75, 3.05) is 0 Å². The van der Waals surface area contributed by atoms with Crippen LogP contribution in [-0.2, 0) is 19.5 Å². The largest absolute Gasteiger partial charge is 0.256 e. The van der Waals surface area contributed by atoms with E-state index in [2.05, 4.69) is 42.3 Å². The van der Waals surface area contributed by atoms with Gasteiger partial charge in [-0.3, -0.25) is 0 Å². The zero-order valence-electron chi connectivity index (χ0n) is 25.3. The van der Waals surface area contributed by atoms with E-state index in [4.69, 9.17) is 0 Å². The van der Waals surface area contributed by atoms with Crippen LogP contribution in [0.4, 0.5) is 0 Å². The summed E-state index contributed by atoms with van der Waals surface area (Å²) in [4.78, 5) is 0. The van der Waals surface area contributed by atoms with Gasteiger partial charge in [0.1, 0.15) is 12.4 Å². The van der Waals surface area contributed by atoms with Crippen LogP contribution in [0.25, 0.3) is 0 Å². The van der Waals surface area contributed by atoms with E-state index in [-0.39, 0.29) is 0 Å². The van der Waals surface area contributed by atoms with Crippen LogP contribution in [0.2, 0.25) is 0 Å². The molecular weight excluding hydrogens is 436 g/mol. The van der Waals surface area contributed by atoms with E-state index in [9.17, 15) is 0 Å². The molecule has 212 valence electrons. The Morgan fingerprint density at radius 2 is 0.861 bits per heavy atom. The highest BCUT2D eigenvalue weighted by Gasteiger charge is 2.15. The number of unbranched alkanes of at least 4 members (excludes halogenated alkanes) is 22. The predicted molar refractivity (Wildman–Crippen MR) is 161 cm³/mol. The number of rotatable bonds is 28. The number of hydrogen-bond donors (Lipinski definition) is 0. The zero-order chi connectivity index (χ0) is 25.9. The van der Waals surface area contributed by atoms with Crippen LogP contribution in [0.1, 0.15) is 187 Å². The van der Waals surface area contributed by atoms with Crippen molar-refractivity contribution in [3.8, 4) is 0 Å². The van der Waals surface area contributed by atoms with Crippen molar-refractivity contribution in [2.45, 2.75) is 201 Å². The summed E-state index contributed by atoms with van der Waals surface area (Å²) in [5.41, 5.74) is 0. The van der Waals surface area contributed by atoms with Gasteiger partial charge >= 0.3 is 0 Å². The molecule has 0 saturated carbocycles. The van der Waals surface area contributed by atoms with Crippen molar-refractivity contribution in [1.29, 1.82) is 0 Å². The van der Waals surface area contributed by atoms with Gasteiger partial charge in [-0.15, -0.1) is 0 Å². The van der Waals surface area contributed by atoms with E-state index < -0.39 is 0 Å². The molecule has 36 heavy (non-hydrogen) atoms. The fourth-order valence-electron chi connectivity index (χ4n) is 5.66. The lowest BCUT2D eigenvalue weighted by atomic mass is 10.0. The zero-order valence-corrected chi connectivity index (χ0v) is 25.3. The second kappa shape index (κ2) is 25.8. The highest BCUT2D eigenvalue weighted by Crippen LogP contribution is 2.14. The van der Waals surface area contributed by atoms with Crippen LogP contribution >= 0.6 is 0 Å². The van der Waals surface area contributed by atoms with Gasteiger partial charge in [-0.2, -0.15) is 0 Å². The van der Waals surface area contributed by atoms with E-state index in [0.29, 0.717) is 0 Å². The van der Waals surface area contributed by atoms with E-state index in [1.807, 2.05) is 0 Å². The highest BCUT2D eigenvalue weighted by molar-refractivity contribution is 4.84. The monoisotopic (exact) mass is 504 g/mol. The van der Waals surface area contributed by atoms with Gasteiger partial charge in [-0.1, -0.05) is 149 Å². The van der Waals surface area contributed by atoms with Crippen LogP contribution in [-0.4, -0.2) is 4.57 Å². The molecule has 0 bridgehead atoms. The fourth-order valence-corrected chi connectivity index (χ4v) is 5.66. The molecule has 0 aliphatic carbocycles. The normalized spacial score (nSPS) is 11.5. The molecule has 0 saturated heterocycles. The molecule has 2 heteroatoms. The van der Waals surface area contributed by atoms with Gasteiger partial charge in [0, 0.05) is 6.42 Å². The first-order valence-corrected chi connectivity index (χ1v) is 16.9. The van der Waals surface area contributed by atoms with E-state index in [1.165, 1.54) is 180 Å². The maximum Gasteiger partial charge on any atom is 0.256 e. The van der Waals surface area contributed by atoms with Crippen LogP contribution in [0, 0.1) is 0 Å². The third kappa shape index (κ3) is 18.5. The van der Waals surface area contributed by atoms with Crippen molar-refractivity contribution in [2.24, 2.45) is 0 Å². The number of imidazole rings is 1. The summed E-state index contributed by atoms with van der Waals surface area (Å²) in [7, 11) is 0. The molecule has 0 unspecified atom stereocenters. The Kier molecular flexibility index (Phi) is 23.9. The Hall–Kier alpha value is -0.790. The first-order chi connectivity index (χ1) is 17.8. The smallest absolute Gasteiger partial charge is 0.234 e. The molecular formula is C34H67N2+. The molecule has 1 aromatic heterocycles. The summed E-state index contributed by atoms with van der Waals surface area (Å²) in [6.45, 7) is 9.37. The summed E-state index contributed by atoms with van der Waals surface area (Å²) in [6.07, 6.45) is 41.6. The fraction of sp³-hybridized carbons (Fsp3) is 0.912. The molecule has 0 fully saturated rings. The molecule has 1 aromatic rings. The SMILES string of the molecule is CCCCCCCCCCCCCCCCCC[n+]1ccn(CCCCCCCCCC)c1CCC. The van der Waals surface area contributed by atoms with Crippen molar-refractivity contribution >= 4 is 0 Å². The van der Waals surface area contributed by atoms with Gasteiger partial charge in [0.05, 0.1) is 13.1 Å². The topological polar surface area (TPSA) is 8.81 Å². The number of hydrogen-bond acceptors (Lipinski definition) is 0. The van der Waals surface area contributed by atoms with Crippen molar-refractivity contribution in [3.05, 3.63) is 18.2 Å². The number of nitrogens with zero attached hydrogens (tertiary/aromatic N) is 2. The standard InChI is InChI=1S/C34H67N2/c1-4-7-9-11-13-15-16-17-18-19-20-21-22-24-26-28-31-36-33-32-35(34(36)29-6-3)30-27-25-23-14-12-10-8-5-2/h32-33H,4-31H2,1-3H3/q+1. The van der Waals surface area contributed by atoms with E-state index >= 15 is 0 Å². The molecule has 1 heterocycles. The van der Waals surface area contributed by atoms with Crippen LogP contribution < -0.4 is 4.57 Å². The quantitative estimate of drug-likeness (QED) is 0.0794. The van der Waals surface area contributed by atoms with Crippen molar-refractivity contribution < 1.29 is 4.57 Å². The molecule has 0 aromatic carbocycles. The van der Waals surface area contributed by atoms with Crippen LogP contribution in [0.5, 0.6) is 0 Å². The summed E-state index contributed by atoms with van der Waals surface area (Å²) >= 11 is 0. The Bertz CT molecular complexity index is 562. The number of aryl methyl sites for hydroxylation is 2. The summed E-state index contributed by atoms with van der Waals surface area (Å²) in [5, 5.41) is 0. The highest BCUT2D eigenvalue weighted by atomic mass is 15.1. The average molecular weight is 504 g/mol. The predicted octanol–water partition coefficient (Wildman–Crippen LogP) is 11.1. The van der Waals surface area contributed by atoms with Crippen LogP contribution in [0.15, 0.2) is 12.4 Å². The first kappa shape index (κ1) is 33.2. The maximum absolute atomic E-state index is 2.57. The Labute approximate surface area is 228 Å². The van der Waals surface area contributed by atoms with Gasteiger partial charge in [-0.05, 0) is 32.1 Å². The molecule has 0 atom stereocenters. The molecule has 0 N–H and O–H groups in total. The van der Waals surface area contributed by atoms with Crippen LogP contribution in [0.3, 0.4) is 0 Å². The van der Waals surface area contributed by atoms with Gasteiger partial charge in [0.25, 0.3) is 5.82 Å². The molecule has 0 aliphatic heterocycles. The third-order valence-electron chi connectivity index (χ3n) is 8.07. The minimum absolute atomic E-state index is 1.22. The summed E-state index contributed by atoms with van der Waals surface area (Å²) < 4.78 is 5.13. The first-order valence-electron chi connectivity index (χ1n) is 16.9. The van der Waals surface area contributed by atoms with E-state index in [1.54, 1.807) is 5.82 Å². The molecule has 1 rings (SSSR count). The maximum atomic E-state index is 2.57. The third-order valence-corrected chi connectivity index (χ3v) is 8.07. The van der Waals surface area contributed by atoms with Gasteiger partial charge < -0.3 is 0 Å². The molecule has 0 radical (unpaired) electrons. The van der Waals surface area contributed by atoms with E-state index in [0.717, 1.165) is 0 Å².